The van der Waals surface area contributed by atoms with Crippen LogP contribution in [0.15, 0.2) is 0 Å². The summed E-state index contributed by atoms with van der Waals surface area (Å²) in [5.74, 6) is -0.928. The van der Waals surface area contributed by atoms with Gasteiger partial charge in [0.1, 0.15) is 12.5 Å². The van der Waals surface area contributed by atoms with Crippen LogP contribution in [0.2, 0.25) is 0 Å². The normalized spacial score (nSPS) is 17.2. The molecular weight excluding hydrogens is 697 g/mol. The van der Waals surface area contributed by atoms with Crippen molar-refractivity contribution in [2.75, 3.05) is 52.0 Å². The van der Waals surface area contributed by atoms with Gasteiger partial charge in [-0.15, -0.1) is 0 Å². The first-order valence-corrected chi connectivity index (χ1v) is 19.5. The van der Waals surface area contributed by atoms with E-state index >= 15 is 0 Å². The molecular formula is C24H50N4O14S4. The van der Waals surface area contributed by atoms with Crippen molar-refractivity contribution in [1.29, 1.82) is 0 Å². The molecule has 0 bridgehead atoms. The van der Waals surface area contributed by atoms with Crippen LogP contribution < -0.4 is 21.3 Å². The Labute approximate surface area is 280 Å². The smallest absolute Gasteiger partial charge is 0.359 e. The Balaban J connectivity index is -0.000000960. The second-order valence-corrected chi connectivity index (χ2v) is 13.0. The van der Waals surface area contributed by atoms with E-state index in [0.717, 1.165) is 52.7 Å². The predicted octanol–water partition coefficient (Wildman–Crippen LogP) is 0.809. The largest absolute Gasteiger partial charge is 0.397 e. The first-order chi connectivity index (χ1) is 21.6. The lowest BCUT2D eigenvalue weighted by Crippen LogP contribution is -2.44. The number of hydrogen-bond donors (Lipinski definition) is 6. The Hall–Kier alpha value is -1.76. The van der Waals surface area contributed by atoms with Crippen LogP contribution in [0.3, 0.4) is 0 Å². The number of hydrogen-bond acceptors (Lipinski definition) is 14. The molecule has 2 rings (SSSR count). The fraction of sp³-hybridized carbons (Fsp3) is 0.833. The van der Waals surface area contributed by atoms with Crippen molar-refractivity contribution in [3.63, 3.8) is 0 Å². The van der Waals surface area contributed by atoms with Gasteiger partial charge < -0.3 is 30.7 Å². The molecule has 4 amide bonds. The molecule has 2 aliphatic heterocycles. The Morgan fingerprint density at radius 3 is 1.20 bits per heavy atom. The minimum Gasteiger partial charge on any atom is -0.359 e. The highest BCUT2D eigenvalue weighted by Gasteiger charge is 2.17. The van der Waals surface area contributed by atoms with Gasteiger partial charge in [0.15, 0.2) is 0 Å². The highest BCUT2D eigenvalue weighted by molar-refractivity contribution is 8.77. The maximum atomic E-state index is 11.8. The molecule has 0 aromatic rings. The van der Waals surface area contributed by atoms with Gasteiger partial charge in [0, 0.05) is 13.2 Å². The lowest BCUT2D eigenvalue weighted by molar-refractivity contribution is -0.129. The van der Waals surface area contributed by atoms with E-state index in [1.807, 2.05) is 27.7 Å². The highest BCUT2D eigenvalue weighted by Crippen LogP contribution is 2.20. The highest BCUT2D eigenvalue weighted by atomic mass is 33.1. The first kappa shape index (κ1) is 48.6. The van der Waals surface area contributed by atoms with Crippen LogP contribution in [0.4, 0.5) is 0 Å². The van der Waals surface area contributed by atoms with E-state index in [1.165, 1.54) is 21.6 Å². The van der Waals surface area contributed by atoms with Gasteiger partial charge in [-0.05, 0) is 38.5 Å². The van der Waals surface area contributed by atoms with E-state index < -0.39 is 20.8 Å². The molecule has 0 spiro atoms. The molecule has 22 heteroatoms. The van der Waals surface area contributed by atoms with Crippen molar-refractivity contribution in [3.8, 4) is 0 Å². The third kappa shape index (κ3) is 35.1. The molecule has 0 unspecified atom stereocenters. The molecule has 6 N–H and O–H groups in total. The van der Waals surface area contributed by atoms with Crippen LogP contribution >= 0.6 is 21.6 Å². The summed E-state index contributed by atoms with van der Waals surface area (Å²) in [7, 11) is -4.17. The number of amides is 4. The summed E-state index contributed by atoms with van der Waals surface area (Å²) in [5, 5.41) is 10.5. The molecule has 46 heavy (non-hydrogen) atoms. The maximum Gasteiger partial charge on any atom is 0.397 e. The van der Waals surface area contributed by atoms with Gasteiger partial charge in [-0.25, -0.2) is 0 Å². The average molecular weight is 747 g/mol. The minimum atomic E-state index is -4.16. The summed E-state index contributed by atoms with van der Waals surface area (Å²) in [5.41, 5.74) is 0. The first-order valence-electron chi connectivity index (χ1n) is 14.3. The van der Waals surface area contributed by atoms with Crippen molar-refractivity contribution in [2.24, 2.45) is 0 Å². The van der Waals surface area contributed by atoms with E-state index in [9.17, 15) is 36.0 Å². The van der Waals surface area contributed by atoms with Crippen molar-refractivity contribution in [2.45, 2.75) is 78.7 Å². The number of ether oxygens (including phenoxy) is 2. The quantitative estimate of drug-likeness (QED) is 0.0865. The van der Waals surface area contributed by atoms with Gasteiger partial charge in [-0.2, -0.15) is 16.8 Å². The summed E-state index contributed by atoms with van der Waals surface area (Å²) in [6.07, 6.45) is 5.04. The van der Waals surface area contributed by atoms with Gasteiger partial charge in [-0.3, -0.25) is 36.6 Å². The van der Waals surface area contributed by atoms with E-state index in [1.54, 1.807) is 0 Å². The van der Waals surface area contributed by atoms with E-state index in [2.05, 4.69) is 29.6 Å². The lowest BCUT2D eigenvalue weighted by Gasteiger charge is -2.23. The monoisotopic (exact) mass is 746 g/mol. The zero-order chi connectivity index (χ0) is 36.0. The molecule has 0 saturated carbocycles. The minimum absolute atomic E-state index is 0.107. The lowest BCUT2D eigenvalue weighted by atomic mass is 10.2. The van der Waals surface area contributed by atoms with Crippen molar-refractivity contribution in [1.82, 2.24) is 21.3 Å². The Kier molecular flexibility index (Phi) is 32.3. The molecule has 18 nitrogen and oxygen atoms in total. The van der Waals surface area contributed by atoms with E-state index in [0.29, 0.717) is 13.2 Å². The van der Waals surface area contributed by atoms with Crippen molar-refractivity contribution < 1.29 is 63.0 Å². The molecule has 0 radical (unpaired) electrons. The number of carbonyl (C=O) groups excluding carboxylic acids is 4. The molecule has 0 aromatic carbocycles. The van der Waals surface area contributed by atoms with Gasteiger partial charge in [0.25, 0.3) is 0 Å². The van der Waals surface area contributed by atoms with Gasteiger partial charge >= 0.3 is 20.8 Å². The summed E-state index contributed by atoms with van der Waals surface area (Å²) in [6, 6.07) is 0. The van der Waals surface area contributed by atoms with Gasteiger partial charge in [-0.1, -0.05) is 49.3 Å². The van der Waals surface area contributed by atoms with Crippen molar-refractivity contribution in [3.05, 3.63) is 0 Å². The van der Waals surface area contributed by atoms with Crippen molar-refractivity contribution >= 4 is 66.0 Å². The standard InChI is InChI=1S/C18H30N4O6S2.2C2H6.2CH4O4S/c23-13(21-17-5-1-3-7-27-17)9-19-15(25)11-29-30-12-16(26)20-10-14(24)22-18-6-2-4-8-28-18;2*1-2;2*1-5-6(2,3)4/h17-18H,1-12H2,(H,19,25)(H,20,26)(H,21,23)(H,22,24);2*1-2H3;2*1H3,(H,2,3,4)/t17-,18+;;;;. The predicted molar refractivity (Wildman–Crippen MR) is 174 cm³/mol. The SMILES string of the molecule is CC.CC.COS(=O)(=O)O.COS(=O)(=O)O.O=C(CSSCC(=O)NCC(=O)N[C@@H]1CCCCO1)NCC(=O)N[C@H]1CCCCO1. The third-order valence-electron chi connectivity index (χ3n) is 4.78. The molecule has 2 aliphatic rings. The molecule has 0 aliphatic carbocycles. The molecule has 2 heterocycles. The Morgan fingerprint density at radius 1 is 0.652 bits per heavy atom. The Bertz CT molecular complexity index is 955. The number of nitrogens with one attached hydrogen (secondary N) is 4. The second kappa shape index (κ2) is 30.6. The number of carbonyl (C=O) groups is 4. The molecule has 0 aromatic heterocycles. The zero-order valence-electron chi connectivity index (χ0n) is 27.1. The van der Waals surface area contributed by atoms with E-state index in [4.69, 9.17) is 18.6 Å². The van der Waals surface area contributed by atoms with Crippen LogP contribution in [0, 0.1) is 0 Å². The zero-order valence-corrected chi connectivity index (χ0v) is 30.3. The summed E-state index contributed by atoms with van der Waals surface area (Å²) in [4.78, 5) is 47.1. The van der Waals surface area contributed by atoms with Crippen LogP contribution in [0.5, 0.6) is 0 Å². The van der Waals surface area contributed by atoms with Crippen LogP contribution in [0.1, 0.15) is 66.2 Å². The molecule has 274 valence electrons. The molecule has 2 atom stereocenters. The molecule has 2 saturated heterocycles. The van der Waals surface area contributed by atoms with Crippen LogP contribution in [0.25, 0.3) is 0 Å². The summed E-state index contributed by atoms with van der Waals surface area (Å²) >= 11 is 0. The second-order valence-electron chi connectivity index (χ2n) is 8.11. The number of rotatable bonds is 13. The topological polar surface area (TPSA) is 262 Å². The Morgan fingerprint density at radius 2 is 0.957 bits per heavy atom. The average Bonchev–Trinajstić information content (AvgIpc) is 3.04. The fourth-order valence-corrected chi connectivity index (χ4v) is 4.55. The van der Waals surface area contributed by atoms with Gasteiger partial charge in [0.05, 0.1) is 38.8 Å². The third-order valence-corrected chi connectivity index (χ3v) is 7.76. The summed E-state index contributed by atoms with van der Waals surface area (Å²) in [6.45, 7) is 9.06. The van der Waals surface area contributed by atoms with E-state index in [-0.39, 0.29) is 60.7 Å². The molecule has 2 fully saturated rings. The maximum absolute atomic E-state index is 11.8. The fourth-order valence-electron chi connectivity index (χ4n) is 2.82. The van der Waals surface area contributed by atoms with Crippen LogP contribution in [-0.4, -0.2) is 114 Å². The van der Waals surface area contributed by atoms with Crippen LogP contribution in [-0.2, 0) is 57.8 Å². The summed E-state index contributed by atoms with van der Waals surface area (Å²) < 4.78 is 70.2. The van der Waals surface area contributed by atoms with Gasteiger partial charge in [0.2, 0.25) is 23.6 Å².